The van der Waals surface area contributed by atoms with E-state index in [9.17, 15) is 4.79 Å². The standard InChI is InChI=1S/C16H24N2O2/c1-11-6-7-15(12(2)8-11)20-10-16(19)18-14-5-3-4-13(14)9-17/h6-8,13-14H,3-5,9-10,17H2,1-2H3,(H,18,19). The van der Waals surface area contributed by atoms with E-state index in [0.29, 0.717) is 12.5 Å². The smallest absolute Gasteiger partial charge is 0.258 e. The summed E-state index contributed by atoms with van der Waals surface area (Å²) in [7, 11) is 0. The molecule has 1 amide bonds. The number of carbonyl (C=O) groups excluding carboxylic acids is 1. The van der Waals surface area contributed by atoms with Gasteiger partial charge in [0, 0.05) is 6.04 Å². The minimum Gasteiger partial charge on any atom is -0.484 e. The van der Waals surface area contributed by atoms with Gasteiger partial charge in [-0.15, -0.1) is 0 Å². The highest BCUT2D eigenvalue weighted by Gasteiger charge is 2.27. The minimum absolute atomic E-state index is 0.0599. The molecule has 0 aromatic heterocycles. The molecule has 0 radical (unpaired) electrons. The molecule has 2 atom stereocenters. The van der Waals surface area contributed by atoms with Crippen LogP contribution >= 0.6 is 0 Å². The number of nitrogens with two attached hydrogens (primary N) is 1. The number of benzene rings is 1. The number of aryl methyl sites for hydroxylation is 2. The molecule has 4 nitrogen and oxygen atoms in total. The number of hydrogen-bond donors (Lipinski definition) is 2. The zero-order chi connectivity index (χ0) is 14.5. The average molecular weight is 276 g/mol. The van der Waals surface area contributed by atoms with Gasteiger partial charge in [0.25, 0.3) is 5.91 Å². The molecule has 2 unspecified atom stereocenters. The number of hydrogen-bond acceptors (Lipinski definition) is 3. The van der Waals surface area contributed by atoms with E-state index in [1.165, 1.54) is 5.56 Å². The molecular formula is C16H24N2O2. The fourth-order valence-corrected chi connectivity index (χ4v) is 2.86. The topological polar surface area (TPSA) is 64.3 Å². The van der Waals surface area contributed by atoms with Crippen molar-refractivity contribution in [2.75, 3.05) is 13.2 Å². The predicted molar refractivity (Wildman–Crippen MR) is 79.7 cm³/mol. The lowest BCUT2D eigenvalue weighted by atomic mass is 10.0. The van der Waals surface area contributed by atoms with Gasteiger partial charge < -0.3 is 15.8 Å². The summed E-state index contributed by atoms with van der Waals surface area (Å²) in [6.45, 7) is 4.73. The van der Waals surface area contributed by atoms with Gasteiger partial charge in [-0.1, -0.05) is 24.1 Å². The van der Waals surface area contributed by atoms with Crippen molar-refractivity contribution in [2.45, 2.75) is 39.2 Å². The number of carbonyl (C=O) groups is 1. The molecule has 3 N–H and O–H groups in total. The number of ether oxygens (including phenoxy) is 1. The SMILES string of the molecule is Cc1ccc(OCC(=O)NC2CCCC2CN)c(C)c1. The lowest BCUT2D eigenvalue weighted by molar-refractivity contribution is -0.124. The Morgan fingerprint density at radius 3 is 2.90 bits per heavy atom. The molecule has 1 aliphatic carbocycles. The van der Waals surface area contributed by atoms with Gasteiger partial charge in [-0.25, -0.2) is 0 Å². The number of rotatable bonds is 5. The van der Waals surface area contributed by atoms with Gasteiger partial charge in [-0.2, -0.15) is 0 Å². The Morgan fingerprint density at radius 2 is 2.20 bits per heavy atom. The van der Waals surface area contributed by atoms with Crippen molar-refractivity contribution in [3.05, 3.63) is 29.3 Å². The molecule has 0 bridgehead atoms. The van der Waals surface area contributed by atoms with Gasteiger partial charge in [0.15, 0.2) is 6.61 Å². The first-order valence-electron chi connectivity index (χ1n) is 7.29. The summed E-state index contributed by atoms with van der Waals surface area (Å²) in [4.78, 5) is 11.9. The summed E-state index contributed by atoms with van der Waals surface area (Å²) < 4.78 is 5.59. The van der Waals surface area contributed by atoms with Crippen molar-refractivity contribution < 1.29 is 9.53 Å². The minimum atomic E-state index is -0.0599. The zero-order valence-electron chi connectivity index (χ0n) is 12.3. The normalized spacial score (nSPS) is 21.8. The molecule has 110 valence electrons. The molecular weight excluding hydrogens is 252 g/mol. The first kappa shape index (κ1) is 14.9. The summed E-state index contributed by atoms with van der Waals surface area (Å²) in [5, 5.41) is 3.04. The Balaban J connectivity index is 1.83. The van der Waals surface area contributed by atoms with Crippen LogP contribution in [0.15, 0.2) is 18.2 Å². The summed E-state index contributed by atoms with van der Waals surface area (Å²) >= 11 is 0. The molecule has 1 fully saturated rings. The van der Waals surface area contributed by atoms with Crippen LogP contribution in [0.2, 0.25) is 0 Å². The van der Waals surface area contributed by atoms with E-state index < -0.39 is 0 Å². The molecule has 20 heavy (non-hydrogen) atoms. The van der Waals surface area contributed by atoms with Crippen LogP contribution < -0.4 is 15.8 Å². The van der Waals surface area contributed by atoms with Crippen molar-refractivity contribution in [2.24, 2.45) is 11.7 Å². The van der Waals surface area contributed by atoms with Gasteiger partial charge in [-0.05, 0) is 50.8 Å². The summed E-state index contributed by atoms with van der Waals surface area (Å²) in [5.74, 6) is 1.13. The molecule has 1 aromatic rings. The maximum absolute atomic E-state index is 11.9. The molecule has 0 aliphatic heterocycles. The lowest BCUT2D eigenvalue weighted by Crippen LogP contribution is -2.42. The molecule has 0 saturated heterocycles. The fraction of sp³-hybridized carbons (Fsp3) is 0.562. The molecule has 0 heterocycles. The van der Waals surface area contributed by atoms with Gasteiger partial charge in [0.05, 0.1) is 0 Å². The van der Waals surface area contributed by atoms with Gasteiger partial charge >= 0.3 is 0 Å². The van der Waals surface area contributed by atoms with E-state index in [1.54, 1.807) is 0 Å². The van der Waals surface area contributed by atoms with Crippen LogP contribution in [0.1, 0.15) is 30.4 Å². The van der Waals surface area contributed by atoms with E-state index in [4.69, 9.17) is 10.5 Å². The van der Waals surface area contributed by atoms with Crippen LogP contribution in [-0.4, -0.2) is 25.1 Å². The van der Waals surface area contributed by atoms with Gasteiger partial charge in [0.1, 0.15) is 5.75 Å². The van der Waals surface area contributed by atoms with Gasteiger partial charge in [0.2, 0.25) is 0 Å². The molecule has 1 aliphatic rings. The first-order valence-corrected chi connectivity index (χ1v) is 7.29. The fourth-order valence-electron chi connectivity index (χ4n) is 2.86. The average Bonchev–Trinajstić information content (AvgIpc) is 2.85. The Bertz CT molecular complexity index is 474. The Labute approximate surface area is 120 Å². The number of nitrogens with one attached hydrogen (secondary N) is 1. The third-order valence-electron chi connectivity index (χ3n) is 4.00. The van der Waals surface area contributed by atoms with Crippen LogP contribution in [0.4, 0.5) is 0 Å². The Hall–Kier alpha value is -1.55. The van der Waals surface area contributed by atoms with Crippen LogP contribution in [0, 0.1) is 19.8 Å². The third kappa shape index (κ3) is 3.73. The third-order valence-corrected chi connectivity index (χ3v) is 4.00. The molecule has 4 heteroatoms. The largest absolute Gasteiger partial charge is 0.484 e. The van der Waals surface area contributed by atoms with Crippen molar-refractivity contribution in [1.82, 2.24) is 5.32 Å². The zero-order valence-corrected chi connectivity index (χ0v) is 12.3. The van der Waals surface area contributed by atoms with Crippen LogP contribution in [0.3, 0.4) is 0 Å². The highest BCUT2D eigenvalue weighted by Crippen LogP contribution is 2.24. The van der Waals surface area contributed by atoms with Crippen LogP contribution in [0.5, 0.6) is 5.75 Å². The van der Waals surface area contributed by atoms with E-state index in [-0.39, 0.29) is 18.6 Å². The molecule has 2 rings (SSSR count). The first-order chi connectivity index (χ1) is 9.60. The highest BCUT2D eigenvalue weighted by atomic mass is 16.5. The highest BCUT2D eigenvalue weighted by molar-refractivity contribution is 5.78. The predicted octanol–water partition coefficient (Wildman–Crippen LogP) is 1.93. The van der Waals surface area contributed by atoms with Crippen molar-refractivity contribution in [1.29, 1.82) is 0 Å². The van der Waals surface area contributed by atoms with E-state index in [0.717, 1.165) is 30.6 Å². The summed E-state index contributed by atoms with van der Waals surface area (Å²) in [6.07, 6.45) is 3.28. The summed E-state index contributed by atoms with van der Waals surface area (Å²) in [5.41, 5.74) is 7.96. The van der Waals surface area contributed by atoms with Crippen LogP contribution in [0.25, 0.3) is 0 Å². The lowest BCUT2D eigenvalue weighted by Gasteiger charge is -2.19. The van der Waals surface area contributed by atoms with Gasteiger partial charge in [-0.3, -0.25) is 4.79 Å². The Morgan fingerprint density at radius 1 is 1.40 bits per heavy atom. The molecule has 0 spiro atoms. The monoisotopic (exact) mass is 276 g/mol. The van der Waals surface area contributed by atoms with Crippen molar-refractivity contribution in [3.63, 3.8) is 0 Å². The maximum atomic E-state index is 11.9. The van der Waals surface area contributed by atoms with E-state index >= 15 is 0 Å². The van der Waals surface area contributed by atoms with E-state index in [1.807, 2.05) is 26.0 Å². The molecule has 1 aromatic carbocycles. The van der Waals surface area contributed by atoms with Crippen molar-refractivity contribution >= 4 is 5.91 Å². The molecule has 1 saturated carbocycles. The van der Waals surface area contributed by atoms with Crippen molar-refractivity contribution in [3.8, 4) is 5.75 Å². The quantitative estimate of drug-likeness (QED) is 0.863. The summed E-state index contributed by atoms with van der Waals surface area (Å²) in [6, 6.07) is 6.17. The second-order valence-electron chi connectivity index (χ2n) is 5.66. The maximum Gasteiger partial charge on any atom is 0.258 e. The van der Waals surface area contributed by atoms with Crippen LogP contribution in [-0.2, 0) is 4.79 Å². The number of amides is 1. The Kier molecular flexibility index (Phi) is 5.01. The second-order valence-corrected chi connectivity index (χ2v) is 5.66. The van der Waals surface area contributed by atoms with E-state index in [2.05, 4.69) is 11.4 Å². The second kappa shape index (κ2) is 6.75.